The second kappa shape index (κ2) is 14.1. The highest BCUT2D eigenvalue weighted by Gasteiger charge is 2.32. The first-order chi connectivity index (χ1) is 16.3. The zero-order valence-electron chi connectivity index (χ0n) is 20.6. The molecule has 1 rings (SSSR count). The van der Waals surface area contributed by atoms with Gasteiger partial charge in [0.15, 0.2) is 0 Å². The first-order valence-electron chi connectivity index (χ1n) is 11.5. The molecule has 4 unspecified atom stereocenters. The molecule has 0 aliphatic carbocycles. The Hall–Kier alpha value is -3.47. The van der Waals surface area contributed by atoms with E-state index >= 15 is 0 Å². The maximum Gasteiger partial charge on any atom is 0.326 e. The molecule has 0 heterocycles. The van der Waals surface area contributed by atoms with E-state index < -0.39 is 66.1 Å². The van der Waals surface area contributed by atoms with Crippen LogP contribution in [0.2, 0.25) is 0 Å². The van der Waals surface area contributed by atoms with Gasteiger partial charge in [-0.1, -0.05) is 58.0 Å². The standard InChI is InChI=1S/C24H37N5O6/c1-13(2)10-17(27-21(31)16(25)11-15-8-6-5-7-9-15)22(32)29-20(14(3)4)23(33)28-18(24(34)35)12-19(26)30/h5-9,13-14,16-18,20H,10-12,25H2,1-4H3,(H2,26,30)(H,27,31)(H,28,33)(H,29,32)(H,34,35). The van der Waals surface area contributed by atoms with Crippen molar-refractivity contribution in [3.8, 4) is 0 Å². The molecule has 1 aromatic rings. The van der Waals surface area contributed by atoms with Crippen LogP contribution in [0.15, 0.2) is 30.3 Å². The number of carbonyl (C=O) groups is 5. The van der Waals surface area contributed by atoms with E-state index in [0.29, 0.717) is 6.42 Å². The molecule has 0 saturated carbocycles. The Labute approximate surface area is 205 Å². The van der Waals surface area contributed by atoms with Gasteiger partial charge in [0.05, 0.1) is 12.5 Å². The molecule has 0 radical (unpaired) electrons. The van der Waals surface area contributed by atoms with Crippen LogP contribution in [0.1, 0.15) is 46.1 Å². The summed E-state index contributed by atoms with van der Waals surface area (Å²) in [5.41, 5.74) is 12.0. The minimum atomic E-state index is -1.53. The summed E-state index contributed by atoms with van der Waals surface area (Å²) >= 11 is 0. The molecule has 0 aromatic heterocycles. The van der Waals surface area contributed by atoms with Gasteiger partial charge >= 0.3 is 5.97 Å². The van der Waals surface area contributed by atoms with Crippen LogP contribution in [-0.4, -0.2) is 58.9 Å². The SMILES string of the molecule is CC(C)CC(NC(=O)C(N)Cc1ccccc1)C(=O)NC(C(=O)NC(CC(N)=O)C(=O)O)C(C)C. The van der Waals surface area contributed by atoms with Gasteiger partial charge in [0.1, 0.15) is 18.1 Å². The number of carboxylic acids is 1. The molecule has 35 heavy (non-hydrogen) atoms. The Bertz CT molecular complexity index is 890. The molecule has 8 N–H and O–H groups in total. The molecule has 0 aliphatic heterocycles. The predicted molar refractivity (Wildman–Crippen MR) is 130 cm³/mol. The van der Waals surface area contributed by atoms with Crippen LogP contribution in [0.4, 0.5) is 0 Å². The third-order valence-electron chi connectivity index (χ3n) is 5.24. The second-order valence-electron chi connectivity index (χ2n) is 9.29. The number of hydrogen-bond donors (Lipinski definition) is 6. The maximum atomic E-state index is 13.1. The summed E-state index contributed by atoms with van der Waals surface area (Å²) in [6.45, 7) is 7.09. The summed E-state index contributed by atoms with van der Waals surface area (Å²) in [6.07, 6.45) is -0.0111. The Morgan fingerprint density at radius 3 is 1.91 bits per heavy atom. The number of carboxylic acid groups (broad SMARTS) is 1. The van der Waals surface area contributed by atoms with Crippen LogP contribution in [0, 0.1) is 11.8 Å². The van der Waals surface area contributed by atoms with Crippen molar-refractivity contribution in [1.29, 1.82) is 0 Å². The maximum absolute atomic E-state index is 13.1. The minimum absolute atomic E-state index is 0.0367. The van der Waals surface area contributed by atoms with E-state index in [1.54, 1.807) is 13.8 Å². The van der Waals surface area contributed by atoms with Crippen LogP contribution < -0.4 is 27.4 Å². The molecule has 4 atom stereocenters. The van der Waals surface area contributed by atoms with E-state index in [9.17, 15) is 29.1 Å². The van der Waals surface area contributed by atoms with E-state index in [1.165, 1.54) is 0 Å². The van der Waals surface area contributed by atoms with Gasteiger partial charge in [-0.3, -0.25) is 19.2 Å². The van der Waals surface area contributed by atoms with Crippen molar-refractivity contribution in [2.75, 3.05) is 0 Å². The first kappa shape index (κ1) is 29.6. The lowest BCUT2D eigenvalue weighted by Crippen LogP contribution is -2.59. The molecule has 1 aromatic carbocycles. The number of rotatable bonds is 14. The summed E-state index contributed by atoms with van der Waals surface area (Å²) in [4.78, 5) is 61.0. The zero-order valence-corrected chi connectivity index (χ0v) is 20.6. The summed E-state index contributed by atoms with van der Waals surface area (Å²) in [7, 11) is 0. The van der Waals surface area contributed by atoms with E-state index in [2.05, 4.69) is 16.0 Å². The third kappa shape index (κ3) is 10.6. The number of aliphatic carboxylic acids is 1. The number of nitrogens with two attached hydrogens (primary N) is 2. The number of hydrogen-bond acceptors (Lipinski definition) is 6. The molecule has 0 spiro atoms. The van der Waals surface area contributed by atoms with E-state index in [1.807, 2.05) is 44.2 Å². The van der Waals surface area contributed by atoms with Gasteiger partial charge in [0.25, 0.3) is 0 Å². The van der Waals surface area contributed by atoms with Crippen molar-refractivity contribution in [2.24, 2.45) is 23.3 Å². The van der Waals surface area contributed by atoms with Crippen molar-refractivity contribution in [2.45, 2.75) is 71.1 Å². The molecular weight excluding hydrogens is 454 g/mol. The van der Waals surface area contributed by atoms with Crippen molar-refractivity contribution in [1.82, 2.24) is 16.0 Å². The Balaban J connectivity index is 2.93. The van der Waals surface area contributed by atoms with Gasteiger partial charge in [-0.25, -0.2) is 4.79 Å². The van der Waals surface area contributed by atoms with Gasteiger partial charge in [0, 0.05) is 0 Å². The van der Waals surface area contributed by atoms with Crippen molar-refractivity contribution >= 4 is 29.6 Å². The highest BCUT2D eigenvalue weighted by molar-refractivity contribution is 5.95. The average molecular weight is 492 g/mol. The van der Waals surface area contributed by atoms with Crippen molar-refractivity contribution in [3.63, 3.8) is 0 Å². The molecule has 0 saturated heterocycles. The fraction of sp³-hybridized carbons (Fsp3) is 0.542. The van der Waals surface area contributed by atoms with Crippen LogP contribution >= 0.6 is 0 Å². The lowest BCUT2D eigenvalue weighted by Gasteiger charge is -2.27. The predicted octanol–water partition coefficient (Wildman–Crippen LogP) is -0.327. The summed E-state index contributed by atoms with van der Waals surface area (Å²) in [6, 6.07) is 4.75. The fourth-order valence-corrected chi connectivity index (χ4v) is 3.39. The van der Waals surface area contributed by atoms with E-state index in [0.717, 1.165) is 5.56 Å². The van der Waals surface area contributed by atoms with Crippen molar-refractivity contribution < 1.29 is 29.1 Å². The minimum Gasteiger partial charge on any atom is -0.480 e. The molecular formula is C24H37N5O6. The molecule has 11 heteroatoms. The molecule has 11 nitrogen and oxygen atoms in total. The number of benzene rings is 1. The molecule has 194 valence electrons. The van der Waals surface area contributed by atoms with E-state index in [-0.39, 0.29) is 12.3 Å². The highest BCUT2D eigenvalue weighted by atomic mass is 16.4. The van der Waals surface area contributed by atoms with Gasteiger partial charge in [0.2, 0.25) is 23.6 Å². The smallest absolute Gasteiger partial charge is 0.326 e. The highest BCUT2D eigenvalue weighted by Crippen LogP contribution is 2.10. The quantitative estimate of drug-likeness (QED) is 0.205. The van der Waals surface area contributed by atoms with Gasteiger partial charge < -0.3 is 32.5 Å². The number of carbonyl (C=O) groups excluding carboxylic acids is 4. The normalized spacial score (nSPS) is 14.5. The second-order valence-corrected chi connectivity index (χ2v) is 9.29. The average Bonchev–Trinajstić information content (AvgIpc) is 2.75. The molecule has 4 amide bonds. The number of primary amides is 1. The monoisotopic (exact) mass is 491 g/mol. The summed E-state index contributed by atoms with van der Waals surface area (Å²) < 4.78 is 0. The van der Waals surface area contributed by atoms with Gasteiger partial charge in [-0.05, 0) is 30.2 Å². The lowest BCUT2D eigenvalue weighted by atomic mass is 9.99. The number of amides is 4. The Morgan fingerprint density at radius 2 is 1.43 bits per heavy atom. The van der Waals surface area contributed by atoms with Crippen LogP contribution in [0.5, 0.6) is 0 Å². The Kier molecular flexibility index (Phi) is 11.9. The van der Waals surface area contributed by atoms with Gasteiger partial charge in [-0.2, -0.15) is 0 Å². The zero-order chi connectivity index (χ0) is 26.7. The largest absolute Gasteiger partial charge is 0.480 e. The van der Waals surface area contributed by atoms with E-state index in [4.69, 9.17) is 11.5 Å². The van der Waals surface area contributed by atoms with Crippen LogP contribution in [0.3, 0.4) is 0 Å². The van der Waals surface area contributed by atoms with Gasteiger partial charge in [-0.15, -0.1) is 0 Å². The third-order valence-corrected chi connectivity index (χ3v) is 5.24. The fourth-order valence-electron chi connectivity index (χ4n) is 3.39. The summed E-state index contributed by atoms with van der Waals surface area (Å²) in [5, 5.41) is 16.8. The molecule has 0 aliphatic rings. The first-order valence-corrected chi connectivity index (χ1v) is 11.5. The number of nitrogens with one attached hydrogen (secondary N) is 3. The lowest BCUT2D eigenvalue weighted by molar-refractivity contribution is -0.144. The molecule has 0 fully saturated rings. The Morgan fingerprint density at radius 1 is 0.857 bits per heavy atom. The molecule has 0 bridgehead atoms. The van der Waals surface area contributed by atoms with Crippen molar-refractivity contribution in [3.05, 3.63) is 35.9 Å². The summed E-state index contributed by atoms with van der Waals surface area (Å²) in [5.74, 6) is -4.59. The van der Waals surface area contributed by atoms with Crippen LogP contribution in [-0.2, 0) is 30.4 Å². The topological polar surface area (TPSA) is 194 Å². The van der Waals surface area contributed by atoms with Crippen LogP contribution in [0.25, 0.3) is 0 Å².